The number of H-pyrrole nitrogens is 1. The van der Waals surface area contributed by atoms with Crippen LogP contribution in [0.4, 0.5) is 0 Å². The fraction of sp³-hybridized carbons (Fsp3) is 0.105. The first-order valence-electron chi connectivity index (χ1n) is 7.74. The molecule has 0 bridgehead atoms. The van der Waals surface area contributed by atoms with Gasteiger partial charge in [0.15, 0.2) is 0 Å². The van der Waals surface area contributed by atoms with Crippen molar-refractivity contribution in [3.8, 4) is 11.8 Å². The minimum absolute atomic E-state index is 0.689. The van der Waals surface area contributed by atoms with Crippen molar-refractivity contribution in [3.63, 3.8) is 0 Å². The molecule has 0 unspecified atom stereocenters. The van der Waals surface area contributed by atoms with Crippen LogP contribution >= 0.6 is 0 Å². The van der Waals surface area contributed by atoms with Crippen LogP contribution in [0, 0.1) is 18.3 Å². The Labute approximate surface area is 139 Å². The zero-order chi connectivity index (χ0) is 16.5. The molecule has 3 aromatic heterocycles. The fourth-order valence-electron chi connectivity index (χ4n) is 2.92. The number of nitrogens with zero attached hydrogens (tertiary/aromatic N) is 4. The lowest BCUT2D eigenvalue weighted by molar-refractivity contribution is 0.868. The van der Waals surface area contributed by atoms with Gasteiger partial charge in [0.1, 0.15) is 5.65 Å². The van der Waals surface area contributed by atoms with Crippen molar-refractivity contribution in [3.05, 3.63) is 71.9 Å². The number of aryl methyl sites for hydroxylation is 1. The molecule has 0 fully saturated rings. The first-order valence-corrected chi connectivity index (χ1v) is 7.74. The van der Waals surface area contributed by atoms with Crippen LogP contribution in [0.25, 0.3) is 22.3 Å². The van der Waals surface area contributed by atoms with E-state index in [9.17, 15) is 0 Å². The molecule has 1 aliphatic carbocycles. The summed E-state index contributed by atoms with van der Waals surface area (Å²) in [6, 6.07) is 6.15. The molecule has 0 aromatic carbocycles. The molecule has 5 nitrogen and oxygen atoms in total. The van der Waals surface area contributed by atoms with Gasteiger partial charge in [-0.15, -0.1) is 0 Å². The number of nitriles is 1. The van der Waals surface area contributed by atoms with Gasteiger partial charge in [0.2, 0.25) is 0 Å². The van der Waals surface area contributed by atoms with E-state index in [-0.39, 0.29) is 0 Å². The van der Waals surface area contributed by atoms with Crippen molar-refractivity contribution in [1.82, 2.24) is 19.7 Å². The Morgan fingerprint density at radius 1 is 1.25 bits per heavy atom. The van der Waals surface area contributed by atoms with Crippen LogP contribution in [-0.2, 0) is 0 Å². The Hall–Kier alpha value is -3.39. The number of aromatic amines is 1. The molecule has 0 saturated carbocycles. The highest BCUT2D eigenvalue weighted by molar-refractivity contribution is 5.85. The van der Waals surface area contributed by atoms with Gasteiger partial charge in [-0.2, -0.15) is 10.4 Å². The number of pyridine rings is 1. The molecule has 0 saturated heterocycles. The van der Waals surface area contributed by atoms with Crippen molar-refractivity contribution in [2.75, 3.05) is 0 Å². The van der Waals surface area contributed by atoms with E-state index < -0.39 is 0 Å². The maximum atomic E-state index is 9.04. The van der Waals surface area contributed by atoms with E-state index >= 15 is 0 Å². The summed E-state index contributed by atoms with van der Waals surface area (Å²) in [6.07, 6.45) is 14.3. The summed E-state index contributed by atoms with van der Waals surface area (Å²) >= 11 is 0. The summed E-state index contributed by atoms with van der Waals surface area (Å²) in [4.78, 5) is 7.44. The van der Waals surface area contributed by atoms with Gasteiger partial charge in [-0.05, 0) is 37.1 Å². The maximum Gasteiger partial charge on any atom is 0.139 e. The van der Waals surface area contributed by atoms with Crippen molar-refractivity contribution in [2.45, 2.75) is 13.3 Å². The molecule has 24 heavy (non-hydrogen) atoms. The number of rotatable bonds is 2. The first kappa shape index (κ1) is 14.2. The van der Waals surface area contributed by atoms with E-state index in [1.54, 1.807) is 6.20 Å². The lowest BCUT2D eigenvalue weighted by Gasteiger charge is -2.02. The number of hydrogen-bond acceptors (Lipinski definition) is 3. The maximum absolute atomic E-state index is 9.04. The van der Waals surface area contributed by atoms with Gasteiger partial charge < -0.3 is 4.98 Å². The van der Waals surface area contributed by atoms with E-state index in [1.165, 1.54) is 0 Å². The molecule has 3 heterocycles. The second-order valence-electron chi connectivity index (χ2n) is 5.64. The zero-order valence-corrected chi connectivity index (χ0v) is 13.2. The molecule has 0 radical (unpaired) electrons. The van der Waals surface area contributed by atoms with Crippen LogP contribution in [-0.4, -0.2) is 19.7 Å². The Morgan fingerprint density at radius 3 is 3.04 bits per heavy atom. The topological polar surface area (TPSA) is 70.3 Å². The quantitative estimate of drug-likeness (QED) is 0.781. The van der Waals surface area contributed by atoms with Gasteiger partial charge in [0.25, 0.3) is 0 Å². The fourth-order valence-corrected chi connectivity index (χ4v) is 2.92. The third-order valence-corrected chi connectivity index (χ3v) is 4.14. The van der Waals surface area contributed by atoms with E-state index in [2.05, 4.69) is 27.2 Å². The molecule has 0 amide bonds. The largest absolute Gasteiger partial charge is 0.346 e. The highest BCUT2D eigenvalue weighted by Gasteiger charge is 2.12. The van der Waals surface area contributed by atoms with Crippen molar-refractivity contribution in [2.24, 2.45) is 0 Å². The number of hydrogen-bond donors (Lipinski definition) is 1. The SMILES string of the molecule is Cc1nn(-c2ccnc3[nH]ccc23)cc1C1=CCC=C(C#N)C=C1. The van der Waals surface area contributed by atoms with E-state index in [0.29, 0.717) is 5.57 Å². The summed E-state index contributed by atoms with van der Waals surface area (Å²) in [7, 11) is 0. The summed E-state index contributed by atoms with van der Waals surface area (Å²) in [5.74, 6) is 0. The van der Waals surface area contributed by atoms with Crippen LogP contribution in [0.5, 0.6) is 0 Å². The third-order valence-electron chi connectivity index (χ3n) is 4.14. The molecule has 0 atom stereocenters. The highest BCUT2D eigenvalue weighted by Crippen LogP contribution is 2.26. The summed E-state index contributed by atoms with van der Waals surface area (Å²) in [5, 5.41) is 14.7. The molecule has 1 N–H and O–H groups in total. The van der Waals surface area contributed by atoms with Crippen molar-refractivity contribution >= 4 is 16.6 Å². The molecular formula is C19H15N5. The van der Waals surface area contributed by atoms with Gasteiger partial charge in [0, 0.05) is 35.1 Å². The normalized spacial score (nSPS) is 14.2. The predicted molar refractivity (Wildman–Crippen MR) is 93.4 cm³/mol. The highest BCUT2D eigenvalue weighted by atomic mass is 15.3. The van der Waals surface area contributed by atoms with Crippen LogP contribution < -0.4 is 0 Å². The van der Waals surface area contributed by atoms with E-state index in [1.807, 2.05) is 54.4 Å². The van der Waals surface area contributed by atoms with Gasteiger partial charge in [0.05, 0.1) is 17.5 Å². The van der Waals surface area contributed by atoms with Crippen LogP contribution in [0.1, 0.15) is 17.7 Å². The Bertz CT molecular complexity index is 1050. The second kappa shape index (κ2) is 5.67. The molecular weight excluding hydrogens is 298 g/mol. The van der Waals surface area contributed by atoms with E-state index in [4.69, 9.17) is 5.26 Å². The van der Waals surface area contributed by atoms with Gasteiger partial charge >= 0.3 is 0 Å². The minimum Gasteiger partial charge on any atom is -0.346 e. The minimum atomic E-state index is 0.689. The lowest BCUT2D eigenvalue weighted by atomic mass is 10.1. The lowest BCUT2D eigenvalue weighted by Crippen LogP contribution is -1.96. The van der Waals surface area contributed by atoms with Crippen LogP contribution in [0.2, 0.25) is 0 Å². The summed E-state index contributed by atoms with van der Waals surface area (Å²) < 4.78 is 1.89. The molecule has 1 aliphatic rings. The number of fused-ring (bicyclic) bond motifs is 1. The number of nitrogens with one attached hydrogen (secondary N) is 1. The standard InChI is InChI=1S/C19H15N5/c1-13-17(15-4-2-3-14(11-20)5-6-15)12-24(23-13)18-8-10-22-19-16(18)7-9-21-19/h3-10,12H,2H2,1H3,(H,21,22). The number of allylic oxidation sites excluding steroid dienone is 6. The van der Waals surface area contributed by atoms with Crippen molar-refractivity contribution < 1.29 is 0 Å². The van der Waals surface area contributed by atoms with Crippen LogP contribution in [0.15, 0.2) is 60.6 Å². The van der Waals surface area contributed by atoms with Gasteiger partial charge in [-0.25, -0.2) is 9.67 Å². The third kappa shape index (κ3) is 2.34. The monoisotopic (exact) mass is 313 g/mol. The zero-order valence-electron chi connectivity index (χ0n) is 13.2. The molecule has 3 aromatic rings. The summed E-state index contributed by atoms with van der Waals surface area (Å²) in [5.41, 5.74) is 5.63. The molecule has 0 aliphatic heterocycles. The molecule has 0 spiro atoms. The Morgan fingerprint density at radius 2 is 2.17 bits per heavy atom. The second-order valence-corrected chi connectivity index (χ2v) is 5.64. The summed E-state index contributed by atoms with van der Waals surface area (Å²) in [6.45, 7) is 2.00. The molecule has 5 heteroatoms. The Kier molecular flexibility index (Phi) is 3.36. The average Bonchev–Trinajstić information content (AvgIpc) is 3.15. The Balaban J connectivity index is 1.78. The van der Waals surface area contributed by atoms with Gasteiger partial charge in [-0.3, -0.25) is 0 Å². The van der Waals surface area contributed by atoms with E-state index in [0.717, 1.165) is 40.0 Å². The smallest absolute Gasteiger partial charge is 0.139 e. The predicted octanol–water partition coefficient (Wildman–Crippen LogP) is 3.85. The van der Waals surface area contributed by atoms with Gasteiger partial charge in [-0.1, -0.05) is 18.2 Å². The average molecular weight is 313 g/mol. The van der Waals surface area contributed by atoms with Crippen LogP contribution in [0.3, 0.4) is 0 Å². The molecule has 4 rings (SSSR count). The molecule has 116 valence electrons. The van der Waals surface area contributed by atoms with Crippen molar-refractivity contribution in [1.29, 1.82) is 5.26 Å². The first-order chi connectivity index (χ1) is 11.8. The number of aromatic nitrogens is 4.